The van der Waals surface area contributed by atoms with E-state index < -0.39 is 0 Å². The molecule has 0 heterocycles. The Labute approximate surface area is 88.7 Å². The highest BCUT2D eigenvalue weighted by atomic mass is 15.0. The van der Waals surface area contributed by atoms with Crippen LogP contribution in [0.3, 0.4) is 0 Å². The quantitative estimate of drug-likeness (QED) is 0.678. The molecule has 82 valence electrons. The van der Waals surface area contributed by atoms with E-state index in [1.165, 1.54) is 64.2 Å². The van der Waals surface area contributed by atoms with Crippen molar-refractivity contribution < 1.29 is 0 Å². The van der Waals surface area contributed by atoms with Crippen molar-refractivity contribution in [3.05, 3.63) is 0 Å². The second kappa shape index (κ2) is 4.65. The molecule has 14 heavy (non-hydrogen) atoms. The Balaban J connectivity index is 1.82. The Hall–Kier alpha value is -0.0400. The first-order valence-electron chi connectivity index (χ1n) is 6.62. The average Bonchev–Trinajstić information content (AvgIpc) is 2.39. The smallest absolute Gasteiger partial charge is 0.0181 e. The summed E-state index contributed by atoms with van der Waals surface area (Å²) in [5.74, 6) is 0. The van der Waals surface area contributed by atoms with Crippen LogP contribution in [-0.2, 0) is 0 Å². The fourth-order valence-corrected chi connectivity index (χ4v) is 3.06. The summed E-state index contributed by atoms with van der Waals surface area (Å²) >= 11 is 0. The Morgan fingerprint density at radius 2 is 1.64 bits per heavy atom. The van der Waals surface area contributed by atoms with Gasteiger partial charge in [0, 0.05) is 11.6 Å². The van der Waals surface area contributed by atoms with Crippen LogP contribution in [0.5, 0.6) is 0 Å². The van der Waals surface area contributed by atoms with E-state index in [1.54, 1.807) is 0 Å². The zero-order valence-electron chi connectivity index (χ0n) is 9.65. The molecular weight excluding hydrogens is 170 g/mol. The van der Waals surface area contributed by atoms with E-state index in [4.69, 9.17) is 0 Å². The van der Waals surface area contributed by atoms with Crippen molar-refractivity contribution in [3.8, 4) is 0 Å². The predicted octanol–water partition coefficient (Wildman–Crippen LogP) is 3.63. The van der Waals surface area contributed by atoms with Crippen molar-refractivity contribution in [2.75, 3.05) is 0 Å². The Bertz CT molecular complexity index is 159. The van der Waals surface area contributed by atoms with Gasteiger partial charge < -0.3 is 5.32 Å². The van der Waals surface area contributed by atoms with Crippen molar-refractivity contribution in [1.29, 1.82) is 0 Å². The molecule has 0 atom stereocenters. The molecule has 0 unspecified atom stereocenters. The highest BCUT2D eigenvalue weighted by Crippen LogP contribution is 2.36. The Morgan fingerprint density at radius 1 is 1.00 bits per heavy atom. The minimum atomic E-state index is 0.564. The van der Waals surface area contributed by atoms with Gasteiger partial charge in [-0.15, -0.1) is 0 Å². The lowest BCUT2D eigenvalue weighted by atomic mass is 9.74. The maximum atomic E-state index is 3.96. The summed E-state index contributed by atoms with van der Waals surface area (Å²) in [6.45, 7) is 2.35. The Morgan fingerprint density at radius 3 is 2.07 bits per heavy atom. The molecule has 1 N–H and O–H groups in total. The summed E-state index contributed by atoms with van der Waals surface area (Å²) in [6, 6.07) is 0.845. The number of rotatable bonds is 3. The predicted molar refractivity (Wildman–Crippen MR) is 61.5 cm³/mol. The number of hydrogen-bond acceptors (Lipinski definition) is 1. The van der Waals surface area contributed by atoms with Crippen LogP contribution in [0.4, 0.5) is 0 Å². The standard InChI is InChI=1S/C13H25N/c1-2-13(10-7-11-13)14-12-8-5-3-4-6-9-12/h12,14H,2-11H2,1H3. The monoisotopic (exact) mass is 195 g/mol. The zero-order valence-corrected chi connectivity index (χ0v) is 9.65. The van der Waals surface area contributed by atoms with E-state index in [9.17, 15) is 0 Å². The van der Waals surface area contributed by atoms with Gasteiger partial charge in [0.1, 0.15) is 0 Å². The maximum absolute atomic E-state index is 3.96. The lowest BCUT2D eigenvalue weighted by Crippen LogP contribution is -2.54. The number of hydrogen-bond donors (Lipinski definition) is 1. The first-order chi connectivity index (χ1) is 6.85. The molecule has 0 aromatic heterocycles. The van der Waals surface area contributed by atoms with E-state index >= 15 is 0 Å². The second-order valence-electron chi connectivity index (χ2n) is 5.32. The van der Waals surface area contributed by atoms with Crippen LogP contribution in [-0.4, -0.2) is 11.6 Å². The van der Waals surface area contributed by atoms with Crippen LogP contribution in [0.2, 0.25) is 0 Å². The third kappa shape index (κ3) is 2.31. The minimum absolute atomic E-state index is 0.564. The summed E-state index contributed by atoms with van der Waals surface area (Å²) in [5, 5.41) is 3.96. The van der Waals surface area contributed by atoms with E-state index in [2.05, 4.69) is 12.2 Å². The molecule has 2 aliphatic rings. The van der Waals surface area contributed by atoms with Gasteiger partial charge in [0.2, 0.25) is 0 Å². The van der Waals surface area contributed by atoms with Crippen molar-refractivity contribution in [3.63, 3.8) is 0 Å². The summed E-state index contributed by atoms with van der Waals surface area (Å²) in [6.07, 6.45) is 14.4. The molecule has 2 saturated carbocycles. The number of nitrogens with one attached hydrogen (secondary N) is 1. The van der Waals surface area contributed by atoms with Crippen molar-refractivity contribution in [2.45, 2.75) is 82.7 Å². The summed E-state index contributed by atoms with van der Waals surface area (Å²) in [4.78, 5) is 0. The van der Waals surface area contributed by atoms with Gasteiger partial charge in [0.25, 0.3) is 0 Å². The van der Waals surface area contributed by atoms with Gasteiger partial charge >= 0.3 is 0 Å². The van der Waals surface area contributed by atoms with E-state index in [0.29, 0.717) is 5.54 Å². The molecule has 0 radical (unpaired) electrons. The molecule has 2 fully saturated rings. The molecule has 0 spiro atoms. The molecule has 0 amide bonds. The van der Waals surface area contributed by atoms with Crippen LogP contribution in [0, 0.1) is 0 Å². The van der Waals surface area contributed by atoms with Crippen LogP contribution < -0.4 is 5.32 Å². The molecule has 0 aromatic carbocycles. The molecule has 0 aliphatic heterocycles. The fourth-order valence-electron chi connectivity index (χ4n) is 3.06. The van der Waals surface area contributed by atoms with Gasteiger partial charge in [0.05, 0.1) is 0 Å². The average molecular weight is 195 g/mol. The minimum Gasteiger partial charge on any atom is -0.309 e. The van der Waals surface area contributed by atoms with E-state index in [0.717, 1.165) is 6.04 Å². The lowest BCUT2D eigenvalue weighted by Gasteiger charge is -2.45. The Kier molecular flexibility index (Phi) is 3.48. The first-order valence-corrected chi connectivity index (χ1v) is 6.62. The lowest BCUT2D eigenvalue weighted by molar-refractivity contribution is 0.151. The summed E-state index contributed by atoms with van der Waals surface area (Å²) in [5.41, 5.74) is 0.564. The van der Waals surface area contributed by atoms with Crippen LogP contribution in [0.15, 0.2) is 0 Å². The fraction of sp³-hybridized carbons (Fsp3) is 1.00. The third-order valence-corrected chi connectivity index (χ3v) is 4.35. The maximum Gasteiger partial charge on any atom is 0.0181 e. The second-order valence-corrected chi connectivity index (χ2v) is 5.32. The van der Waals surface area contributed by atoms with Gasteiger partial charge in [-0.05, 0) is 38.5 Å². The largest absolute Gasteiger partial charge is 0.309 e. The van der Waals surface area contributed by atoms with E-state index in [-0.39, 0.29) is 0 Å². The highest BCUT2D eigenvalue weighted by Gasteiger charge is 2.36. The van der Waals surface area contributed by atoms with Crippen molar-refractivity contribution in [2.24, 2.45) is 0 Å². The molecule has 0 saturated heterocycles. The van der Waals surface area contributed by atoms with Gasteiger partial charge in [-0.25, -0.2) is 0 Å². The zero-order chi connectivity index (χ0) is 9.86. The van der Waals surface area contributed by atoms with Gasteiger partial charge in [-0.3, -0.25) is 0 Å². The molecule has 0 aromatic rings. The molecule has 2 rings (SSSR count). The normalized spacial score (nSPS) is 28.1. The highest BCUT2D eigenvalue weighted by molar-refractivity contribution is 4.96. The van der Waals surface area contributed by atoms with Gasteiger partial charge in [0.15, 0.2) is 0 Å². The molecule has 1 heteroatoms. The molecular formula is C13H25N. The van der Waals surface area contributed by atoms with Gasteiger partial charge in [-0.2, -0.15) is 0 Å². The van der Waals surface area contributed by atoms with Gasteiger partial charge in [-0.1, -0.05) is 32.6 Å². The summed E-state index contributed by atoms with van der Waals surface area (Å²) in [7, 11) is 0. The van der Waals surface area contributed by atoms with Crippen LogP contribution in [0.25, 0.3) is 0 Å². The van der Waals surface area contributed by atoms with Crippen molar-refractivity contribution in [1.82, 2.24) is 5.32 Å². The van der Waals surface area contributed by atoms with Crippen LogP contribution >= 0.6 is 0 Å². The third-order valence-electron chi connectivity index (χ3n) is 4.35. The molecule has 0 bridgehead atoms. The topological polar surface area (TPSA) is 12.0 Å². The van der Waals surface area contributed by atoms with Crippen molar-refractivity contribution >= 4 is 0 Å². The SMILES string of the molecule is CCC1(NC2CCCCCC2)CCC1. The summed E-state index contributed by atoms with van der Waals surface area (Å²) < 4.78 is 0. The molecule has 2 aliphatic carbocycles. The first kappa shape index (κ1) is 10.5. The van der Waals surface area contributed by atoms with Crippen LogP contribution in [0.1, 0.15) is 71.1 Å². The van der Waals surface area contributed by atoms with E-state index in [1.807, 2.05) is 0 Å². The molecule has 1 nitrogen and oxygen atoms in total.